The highest BCUT2D eigenvalue weighted by atomic mass is 35.5. The number of nitrogens with one attached hydrogen (secondary N) is 1. The fourth-order valence-corrected chi connectivity index (χ4v) is 5.88. The van der Waals surface area contributed by atoms with E-state index in [1.54, 1.807) is 19.2 Å². The van der Waals surface area contributed by atoms with Gasteiger partial charge in [0, 0.05) is 56.3 Å². The lowest BCUT2D eigenvalue weighted by atomic mass is 10.1. The van der Waals surface area contributed by atoms with Crippen LogP contribution in [0.3, 0.4) is 0 Å². The van der Waals surface area contributed by atoms with Gasteiger partial charge in [0.25, 0.3) is 0 Å². The van der Waals surface area contributed by atoms with Gasteiger partial charge < -0.3 is 24.4 Å². The third-order valence-corrected chi connectivity index (χ3v) is 8.80. The van der Waals surface area contributed by atoms with Crippen LogP contribution in [-0.2, 0) is 14.3 Å². The van der Waals surface area contributed by atoms with Crippen molar-refractivity contribution in [3.8, 4) is 11.5 Å². The van der Waals surface area contributed by atoms with E-state index < -0.39 is 5.82 Å². The molecule has 2 heterocycles. The van der Waals surface area contributed by atoms with Crippen molar-refractivity contribution in [3.63, 3.8) is 0 Å². The zero-order chi connectivity index (χ0) is 34.1. The van der Waals surface area contributed by atoms with Crippen molar-refractivity contribution in [3.05, 3.63) is 47.5 Å². The molecule has 0 bridgehead atoms. The number of piperazine rings is 1. The van der Waals surface area contributed by atoms with Gasteiger partial charge >= 0.3 is 5.97 Å². The summed E-state index contributed by atoms with van der Waals surface area (Å²) in [5, 5.41) is 3.91. The number of nitrogens with zero attached hydrogens (tertiary/aromatic N) is 4. The minimum absolute atomic E-state index is 0.00535. The topological polar surface area (TPSA) is 106 Å². The number of esters is 1. The number of methoxy groups -OCH3 is 1. The molecule has 1 aromatic heterocycles. The van der Waals surface area contributed by atoms with Crippen molar-refractivity contribution >= 4 is 45.9 Å². The molecule has 12 heteroatoms. The lowest BCUT2D eigenvalue weighted by Gasteiger charge is -2.34. The average Bonchev–Trinajstić information content (AvgIpc) is 3.10. The Morgan fingerprint density at radius 1 is 0.896 bits per heavy atom. The normalized spacial score (nSPS) is 13.5. The summed E-state index contributed by atoms with van der Waals surface area (Å²) in [4.78, 5) is 37.7. The van der Waals surface area contributed by atoms with Crippen LogP contribution in [0.2, 0.25) is 5.02 Å². The second kappa shape index (κ2) is 20.0. The highest BCUT2D eigenvalue weighted by Crippen LogP contribution is 2.35. The van der Waals surface area contributed by atoms with E-state index in [-0.39, 0.29) is 29.7 Å². The van der Waals surface area contributed by atoms with Crippen LogP contribution in [0, 0.1) is 5.82 Å². The molecule has 1 aliphatic heterocycles. The molecule has 48 heavy (non-hydrogen) atoms. The van der Waals surface area contributed by atoms with Crippen LogP contribution in [0.5, 0.6) is 11.5 Å². The Labute approximate surface area is 288 Å². The SMILES string of the molecule is CCCCCCCCCCOC(=O)CCC(=O)N1CCN(CCCOc2cc3c(Nc4ccc(F)c(Cl)c4)ncnc3cc2OC)CC1. The summed E-state index contributed by atoms with van der Waals surface area (Å²) in [6.07, 6.45) is 12.1. The Hall–Kier alpha value is -3.70. The zero-order valence-corrected chi connectivity index (χ0v) is 29.0. The molecule has 10 nitrogen and oxygen atoms in total. The number of aromatic nitrogens is 2. The molecule has 2 aromatic carbocycles. The lowest BCUT2D eigenvalue weighted by molar-refractivity contribution is -0.146. The summed E-state index contributed by atoms with van der Waals surface area (Å²) in [6.45, 7) is 6.77. The van der Waals surface area contributed by atoms with Gasteiger partial charge in [-0.15, -0.1) is 0 Å². The Kier molecular flexibility index (Phi) is 15.4. The Bertz CT molecular complexity index is 1470. The van der Waals surface area contributed by atoms with E-state index in [2.05, 4.69) is 27.1 Å². The second-order valence-electron chi connectivity index (χ2n) is 12.1. The van der Waals surface area contributed by atoms with Gasteiger partial charge in [-0.25, -0.2) is 14.4 Å². The highest BCUT2D eigenvalue weighted by molar-refractivity contribution is 6.31. The van der Waals surface area contributed by atoms with Crippen molar-refractivity contribution in [1.82, 2.24) is 19.8 Å². The Morgan fingerprint density at radius 2 is 1.65 bits per heavy atom. The number of benzene rings is 2. The molecule has 1 N–H and O–H groups in total. The number of rotatable bonds is 20. The number of unbranched alkanes of at least 4 members (excludes halogenated alkanes) is 7. The first kappa shape index (κ1) is 37.1. The summed E-state index contributed by atoms with van der Waals surface area (Å²) in [5.41, 5.74) is 1.25. The third kappa shape index (κ3) is 11.8. The van der Waals surface area contributed by atoms with Crippen LogP contribution >= 0.6 is 11.6 Å². The molecule has 0 radical (unpaired) electrons. The number of hydrogen-bond acceptors (Lipinski definition) is 9. The van der Waals surface area contributed by atoms with E-state index in [0.29, 0.717) is 60.2 Å². The summed E-state index contributed by atoms with van der Waals surface area (Å²) >= 11 is 5.95. The number of anilines is 2. The maximum Gasteiger partial charge on any atom is 0.306 e. The van der Waals surface area contributed by atoms with Crippen molar-refractivity contribution in [2.75, 3.05) is 58.4 Å². The lowest BCUT2D eigenvalue weighted by Crippen LogP contribution is -2.49. The molecule has 0 spiro atoms. The zero-order valence-electron chi connectivity index (χ0n) is 28.3. The van der Waals surface area contributed by atoms with Gasteiger partial charge in [0.15, 0.2) is 11.5 Å². The molecule has 1 saturated heterocycles. The minimum Gasteiger partial charge on any atom is -0.493 e. The number of amides is 1. The third-order valence-electron chi connectivity index (χ3n) is 8.51. The molecular formula is C36H49ClFN5O5. The number of hydrogen-bond donors (Lipinski definition) is 1. The molecule has 3 aromatic rings. The minimum atomic E-state index is -0.496. The first-order valence-electron chi connectivity index (χ1n) is 17.2. The number of carbonyl (C=O) groups excluding carboxylic acids is 2. The van der Waals surface area contributed by atoms with Crippen LogP contribution in [0.15, 0.2) is 36.7 Å². The van der Waals surface area contributed by atoms with Crippen LogP contribution < -0.4 is 14.8 Å². The first-order chi connectivity index (χ1) is 23.4. The summed E-state index contributed by atoms with van der Waals surface area (Å²) in [6, 6.07) is 8.00. The monoisotopic (exact) mass is 685 g/mol. The smallest absolute Gasteiger partial charge is 0.306 e. The number of fused-ring (bicyclic) bond motifs is 1. The largest absolute Gasteiger partial charge is 0.493 e. The van der Waals surface area contributed by atoms with E-state index in [9.17, 15) is 14.0 Å². The standard InChI is InChI=1S/C36H49ClFN5O5/c1-3-4-5-6-7-8-9-10-21-48-35(45)15-14-34(44)43-19-17-42(18-20-43)16-11-22-47-33-24-28-31(25-32(33)46-2)39-26-40-36(28)41-27-12-13-30(38)29(37)23-27/h12-13,23-26H,3-11,14-22H2,1-2H3,(H,39,40,41). The fourth-order valence-electron chi connectivity index (χ4n) is 5.70. The quantitative estimate of drug-likeness (QED) is 0.0953. The van der Waals surface area contributed by atoms with E-state index >= 15 is 0 Å². The second-order valence-corrected chi connectivity index (χ2v) is 12.5. The molecular weight excluding hydrogens is 637 g/mol. The number of halogens is 2. The number of carbonyl (C=O) groups is 2. The summed E-state index contributed by atoms with van der Waals surface area (Å²) in [7, 11) is 1.58. The molecule has 0 unspecified atom stereocenters. The van der Waals surface area contributed by atoms with Crippen molar-refractivity contribution < 1.29 is 28.2 Å². The van der Waals surface area contributed by atoms with E-state index in [1.807, 2.05) is 11.0 Å². The van der Waals surface area contributed by atoms with Gasteiger partial charge in [0.1, 0.15) is 18.0 Å². The van der Waals surface area contributed by atoms with Crippen molar-refractivity contribution in [2.24, 2.45) is 0 Å². The van der Waals surface area contributed by atoms with Crippen LogP contribution in [0.1, 0.15) is 77.6 Å². The summed E-state index contributed by atoms with van der Waals surface area (Å²) in [5.74, 6) is 0.867. The Balaban J connectivity index is 1.14. The van der Waals surface area contributed by atoms with Crippen LogP contribution in [-0.4, -0.2) is 84.7 Å². The van der Waals surface area contributed by atoms with Gasteiger partial charge in [-0.3, -0.25) is 14.5 Å². The van der Waals surface area contributed by atoms with E-state index in [4.69, 9.17) is 25.8 Å². The predicted octanol–water partition coefficient (Wildman–Crippen LogP) is 7.55. The molecule has 262 valence electrons. The maximum absolute atomic E-state index is 13.6. The summed E-state index contributed by atoms with van der Waals surface area (Å²) < 4.78 is 30.7. The van der Waals surface area contributed by atoms with Crippen LogP contribution in [0.4, 0.5) is 15.9 Å². The molecule has 1 amide bonds. The highest BCUT2D eigenvalue weighted by Gasteiger charge is 2.22. The predicted molar refractivity (Wildman–Crippen MR) is 187 cm³/mol. The van der Waals surface area contributed by atoms with E-state index in [1.165, 1.54) is 57.0 Å². The Morgan fingerprint density at radius 3 is 2.38 bits per heavy atom. The maximum atomic E-state index is 13.6. The van der Waals surface area contributed by atoms with Gasteiger partial charge in [-0.1, -0.05) is 63.5 Å². The molecule has 0 saturated carbocycles. The van der Waals surface area contributed by atoms with Gasteiger partial charge in [0.05, 0.1) is 37.3 Å². The molecule has 1 fully saturated rings. The number of ether oxygens (including phenoxy) is 3. The van der Waals surface area contributed by atoms with Gasteiger partial charge in [-0.2, -0.15) is 0 Å². The molecule has 0 atom stereocenters. The van der Waals surface area contributed by atoms with Crippen LogP contribution in [0.25, 0.3) is 10.9 Å². The van der Waals surface area contributed by atoms with Crippen molar-refractivity contribution in [1.29, 1.82) is 0 Å². The van der Waals surface area contributed by atoms with E-state index in [0.717, 1.165) is 38.9 Å². The van der Waals surface area contributed by atoms with Gasteiger partial charge in [-0.05, 0) is 37.1 Å². The van der Waals surface area contributed by atoms with Gasteiger partial charge in [0.2, 0.25) is 5.91 Å². The molecule has 0 aliphatic carbocycles. The fraction of sp³-hybridized carbons (Fsp3) is 0.556. The van der Waals surface area contributed by atoms with Crippen molar-refractivity contribution in [2.45, 2.75) is 77.6 Å². The average molecular weight is 686 g/mol. The first-order valence-corrected chi connectivity index (χ1v) is 17.6. The molecule has 1 aliphatic rings. The molecule has 4 rings (SSSR count).